The summed E-state index contributed by atoms with van der Waals surface area (Å²) in [5.74, 6) is -1.89. The number of esters is 2. The van der Waals surface area contributed by atoms with E-state index in [0.717, 1.165) is 0 Å². The highest BCUT2D eigenvalue weighted by Gasteiger charge is 2.38. The molecule has 0 aromatic heterocycles. The van der Waals surface area contributed by atoms with Crippen molar-refractivity contribution in [3.8, 4) is 0 Å². The summed E-state index contributed by atoms with van der Waals surface area (Å²) in [6, 6.07) is 5.78. The minimum Gasteiger partial charge on any atom is -0.466 e. The number of methoxy groups -OCH3 is 1. The van der Waals surface area contributed by atoms with Crippen molar-refractivity contribution in [2.24, 2.45) is 0 Å². The summed E-state index contributed by atoms with van der Waals surface area (Å²) < 4.78 is 15.4. The number of allylic oxidation sites excluding steroid dienone is 2. The maximum absolute atomic E-state index is 12.9. The van der Waals surface area contributed by atoms with E-state index < -0.39 is 22.8 Å². The van der Waals surface area contributed by atoms with Gasteiger partial charge in [-0.05, 0) is 19.4 Å². The van der Waals surface area contributed by atoms with Gasteiger partial charge in [0.05, 0.1) is 42.3 Å². The molecule has 1 atom stereocenters. The number of nitro groups is 1. The van der Waals surface area contributed by atoms with Crippen LogP contribution in [0.3, 0.4) is 0 Å². The molecule has 1 heterocycles. The molecule has 1 aromatic rings. The first-order valence-corrected chi connectivity index (χ1v) is 9.67. The molecule has 1 aliphatic rings. The number of carbonyl (C=O) groups is 2. The van der Waals surface area contributed by atoms with E-state index in [1.165, 1.54) is 25.3 Å². The molecule has 0 fully saturated rings. The highest BCUT2D eigenvalue weighted by atomic mass is 35.5. The number of hydrogen-bond acceptors (Lipinski definition) is 8. The summed E-state index contributed by atoms with van der Waals surface area (Å²) in [6.45, 7) is 3.82. The number of alkyl halides is 1. The number of carbonyl (C=O) groups excluding carboxylic acids is 2. The van der Waals surface area contributed by atoms with Gasteiger partial charge in [-0.25, -0.2) is 9.59 Å². The molecule has 0 aliphatic carbocycles. The second kappa shape index (κ2) is 10.7. The summed E-state index contributed by atoms with van der Waals surface area (Å²) >= 11 is 5.53. The summed E-state index contributed by atoms with van der Waals surface area (Å²) in [6.07, 6.45) is 0. The van der Waals surface area contributed by atoms with Crippen LogP contribution in [0.4, 0.5) is 5.69 Å². The lowest BCUT2D eigenvalue weighted by molar-refractivity contribution is -0.384. The fourth-order valence-corrected chi connectivity index (χ4v) is 3.33. The average Bonchev–Trinajstić information content (AvgIpc) is 2.72. The molecule has 0 saturated heterocycles. The van der Waals surface area contributed by atoms with Gasteiger partial charge in [0.1, 0.15) is 6.61 Å². The maximum Gasteiger partial charge on any atom is 0.336 e. The smallest absolute Gasteiger partial charge is 0.336 e. The van der Waals surface area contributed by atoms with Crippen LogP contribution in [0, 0.1) is 10.1 Å². The predicted octanol–water partition coefficient (Wildman–Crippen LogP) is 2.80. The van der Waals surface area contributed by atoms with Crippen molar-refractivity contribution in [2.75, 3.05) is 32.8 Å². The molecule has 0 spiro atoms. The minimum atomic E-state index is -0.894. The molecule has 162 valence electrons. The lowest BCUT2D eigenvalue weighted by atomic mass is 9.80. The largest absolute Gasteiger partial charge is 0.466 e. The van der Waals surface area contributed by atoms with E-state index in [9.17, 15) is 19.7 Å². The second-order valence-corrected chi connectivity index (χ2v) is 6.79. The minimum absolute atomic E-state index is 0.00951. The number of nitrogens with zero attached hydrogens (tertiary/aromatic N) is 1. The van der Waals surface area contributed by atoms with E-state index in [4.69, 9.17) is 25.8 Å². The van der Waals surface area contributed by atoms with Crippen molar-refractivity contribution in [2.45, 2.75) is 19.8 Å². The topological polar surface area (TPSA) is 117 Å². The molecule has 10 heteroatoms. The third-order valence-electron chi connectivity index (χ3n) is 4.48. The number of nitrogens with one attached hydrogen (secondary N) is 1. The fraction of sp³-hybridized carbons (Fsp3) is 0.400. The van der Waals surface area contributed by atoms with Gasteiger partial charge in [0.15, 0.2) is 0 Å². The Hall–Kier alpha value is -2.91. The number of halogens is 1. The first kappa shape index (κ1) is 23.4. The van der Waals surface area contributed by atoms with E-state index in [1.54, 1.807) is 19.9 Å². The van der Waals surface area contributed by atoms with Crippen molar-refractivity contribution in [1.29, 1.82) is 0 Å². The quantitative estimate of drug-likeness (QED) is 0.205. The molecule has 9 nitrogen and oxygen atoms in total. The van der Waals surface area contributed by atoms with Gasteiger partial charge in [0.2, 0.25) is 0 Å². The molecular formula is C20H23ClN2O7. The molecule has 30 heavy (non-hydrogen) atoms. The SMILES string of the molecule is COC(=O)C1=C(C)NC(C)=C(C(=O)OCCOCCCl)C1c1cccc([N+](=O)[O-])c1. The Morgan fingerprint density at radius 1 is 1.13 bits per heavy atom. The number of nitro benzene ring substituents is 1. The number of hydrogen-bond donors (Lipinski definition) is 1. The Bertz CT molecular complexity index is 895. The van der Waals surface area contributed by atoms with Gasteiger partial charge in [0, 0.05) is 29.4 Å². The molecule has 0 saturated carbocycles. The molecular weight excluding hydrogens is 416 g/mol. The summed E-state index contributed by atoms with van der Waals surface area (Å²) in [7, 11) is 1.23. The molecule has 1 aliphatic heterocycles. The standard InChI is InChI=1S/C20H23ClN2O7/c1-12-16(19(24)28-3)18(14-5-4-6-15(11-14)23(26)27)17(13(2)22-12)20(25)30-10-9-29-8-7-21/h4-6,11,18,22H,7-10H2,1-3H3. The molecule has 0 bridgehead atoms. The summed E-state index contributed by atoms with van der Waals surface area (Å²) in [5, 5.41) is 14.2. The summed E-state index contributed by atoms with van der Waals surface area (Å²) in [4.78, 5) is 36.1. The van der Waals surface area contributed by atoms with E-state index in [2.05, 4.69) is 5.32 Å². The Kier molecular flexibility index (Phi) is 8.37. The lowest BCUT2D eigenvalue weighted by Gasteiger charge is -2.30. The monoisotopic (exact) mass is 438 g/mol. The van der Waals surface area contributed by atoms with Crippen molar-refractivity contribution < 1.29 is 28.7 Å². The average molecular weight is 439 g/mol. The van der Waals surface area contributed by atoms with Gasteiger partial charge in [-0.1, -0.05) is 12.1 Å². The maximum atomic E-state index is 12.9. The van der Waals surface area contributed by atoms with Gasteiger partial charge in [-0.2, -0.15) is 0 Å². The van der Waals surface area contributed by atoms with E-state index in [0.29, 0.717) is 29.4 Å². The zero-order chi connectivity index (χ0) is 22.3. The number of ether oxygens (including phenoxy) is 3. The van der Waals surface area contributed by atoms with E-state index >= 15 is 0 Å². The lowest BCUT2D eigenvalue weighted by Crippen LogP contribution is -2.32. The zero-order valence-electron chi connectivity index (χ0n) is 16.9. The molecule has 2 rings (SSSR count). The van der Waals surface area contributed by atoms with Crippen LogP contribution in [-0.2, 0) is 23.8 Å². The van der Waals surface area contributed by atoms with Crippen LogP contribution in [0.25, 0.3) is 0 Å². The van der Waals surface area contributed by atoms with Crippen LogP contribution >= 0.6 is 11.6 Å². The number of rotatable bonds is 9. The van der Waals surface area contributed by atoms with Crippen LogP contribution in [0.2, 0.25) is 0 Å². The summed E-state index contributed by atoms with van der Waals surface area (Å²) in [5.41, 5.74) is 1.54. The fourth-order valence-electron chi connectivity index (χ4n) is 3.22. The molecule has 1 N–H and O–H groups in total. The zero-order valence-corrected chi connectivity index (χ0v) is 17.7. The van der Waals surface area contributed by atoms with Crippen molar-refractivity contribution >= 4 is 29.2 Å². The van der Waals surface area contributed by atoms with Crippen LogP contribution in [0.15, 0.2) is 46.8 Å². The van der Waals surface area contributed by atoms with Gasteiger partial charge in [-0.15, -0.1) is 11.6 Å². The highest BCUT2D eigenvalue weighted by Crippen LogP contribution is 2.40. The van der Waals surface area contributed by atoms with Crippen molar-refractivity contribution in [3.63, 3.8) is 0 Å². The van der Waals surface area contributed by atoms with Crippen LogP contribution in [0.5, 0.6) is 0 Å². The Balaban J connectivity index is 2.46. The Morgan fingerprint density at radius 2 is 1.80 bits per heavy atom. The van der Waals surface area contributed by atoms with Crippen molar-refractivity contribution in [1.82, 2.24) is 5.32 Å². The van der Waals surface area contributed by atoms with Crippen molar-refractivity contribution in [3.05, 3.63) is 62.5 Å². The van der Waals surface area contributed by atoms with Gasteiger partial charge < -0.3 is 19.5 Å². The second-order valence-electron chi connectivity index (χ2n) is 6.42. The van der Waals surface area contributed by atoms with E-state index in [1.807, 2.05) is 0 Å². The van der Waals surface area contributed by atoms with Crippen LogP contribution < -0.4 is 5.32 Å². The van der Waals surface area contributed by atoms with Crippen LogP contribution in [-0.4, -0.2) is 49.7 Å². The van der Waals surface area contributed by atoms with Gasteiger partial charge in [-0.3, -0.25) is 10.1 Å². The van der Waals surface area contributed by atoms with Gasteiger partial charge in [0.25, 0.3) is 5.69 Å². The molecule has 0 amide bonds. The normalized spacial score (nSPS) is 16.2. The van der Waals surface area contributed by atoms with Gasteiger partial charge >= 0.3 is 11.9 Å². The number of non-ortho nitro benzene ring substituents is 1. The molecule has 1 aromatic carbocycles. The highest BCUT2D eigenvalue weighted by molar-refractivity contribution is 6.17. The first-order chi connectivity index (χ1) is 14.3. The Labute approximate surface area is 178 Å². The number of benzene rings is 1. The first-order valence-electron chi connectivity index (χ1n) is 9.13. The van der Waals surface area contributed by atoms with E-state index in [-0.39, 0.29) is 30.0 Å². The number of dihydropyridines is 1. The predicted molar refractivity (Wildman–Crippen MR) is 109 cm³/mol. The third-order valence-corrected chi connectivity index (χ3v) is 4.64. The molecule has 1 unspecified atom stereocenters. The Morgan fingerprint density at radius 3 is 2.40 bits per heavy atom. The third kappa shape index (κ3) is 5.37. The van der Waals surface area contributed by atoms with Crippen LogP contribution in [0.1, 0.15) is 25.3 Å². The molecule has 0 radical (unpaired) electrons.